The van der Waals surface area contributed by atoms with Crippen LogP contribution < -0.4 is 9.47 Å². The molecule has 1 aliphatic heterocycles. The van der Waals surface area contributed by atoms with Crippen molar-refractivity contribution in [3.8, 4) is 11.5 Å². The molecule has 1 saturated heterocycles. The molecule has 2 aromatic carbocycles. The topological polar surface area (TPSA) is 51.7 Å². The first-order valence-corrected chi connectivity index (χ1v) is 9.95. The van der Waals surface area contributed by atoms with Gasteiger partial charge < -0.3 is 14.4 Å². The Morgan fingerprint density at radius 2 is 1.96 bits per heavy atom. The lowest BCUT2D eigenvalue weighted by atomic mass is 9.99. The van der Waals surface area contributed by atoms with E-state index in [0.717, 1.165) is 29.9 Å². The van der Waals surface area contributed by atoms with Crippen molar-refractivity contribution in [1.29, 1.82) is 0 Å². The molecule has 1 atom stereocenters. The van der Waals surface area contributed by atoms with Gasteiger partial charge in [0.25, 0.3) is 5.91 Å². The molecule has 0 aliphatic carbocycles. The quantitative estimate of drug-likeness (QED) is 0.667. The predicted molar refractivity (Wildman–Crippen MR) is 107 cm³/mol. The van der Waals surface area contributed by atoms with Gasteiger partial charge in [0.1, 0.15) is 0 Å². The van der Waals surface area contributed by atoms with E-state index in [-0.39, 0.29) is 12.5 Å². The average molecular weight is 382 g/mol. The molecule has 140 valence electrons. The second kappa shape index (κ2) is 7.96. The van der Waals surface area contributed by atoms with E-state index in [9.17, 15) is 4.79 Å². The van der Waals surface area contributed by atoms with E-state index in [0.29, 0.717) is 24.0 Å². The monoisotopic (exact) mass is 382 g/mol. The Labute approximate surface area is 162 Å². The van der Waals surface area contributed by atoms with Crippen LogP contribution in [0.15, 0.2) is 48.5 Å². The zero-order valence-electron chi connectivity index (χ0n) is 15.3. The molecule has 5 nitrogen and oxygen atoms in total. The standard InChI is InChI=1S/C21H22N2O3S/c1-25-17-9-3-4-10-18(17)26-14-20(24)23-12-6-7-15(13-23)21-22-16-8-2-5-11-19(16)27-21/h2-5,8-11,15H,6-7,12-14H2,1H3/t15-/m0/s1. The number of likely N-dealkylation sites (tertiary alicyclic amines) is 1. The molecule has 0 bridgehead atoms. The van der Waals surface area contributed by atoms with Crippen LogP contribution >= 0.6 is 11.3 Å². The molecule has 27 heavy (non-hydrogen) atoms. The van der Waals surface area contributed by atoms with E-state index < -0.39 is 0 Å². The summed E-state index contributed by atoms with van der Waals surface area (Å²) in [6.45, 7) is 1.50. The lowest BCUT2D eigenvalue weighted by Gasteiger charge is -2.31. The number of hydrogen-bond donors (Lipinski definition) is 0. The first kappa shape index (κ1) is 17.8. The first-order chi connectivity index (χ1) is 13.2. The van der Waals surface area contributed by atoms with E-state index in [2.05, 4.69) is 6.07 Å². The minimum absolute atomic E-state index is 0.00622. The molecule has 1 aromatic heterocycles. The molecule has 6 heteroatoms. The van der Waals surface area contributed by atoms with Gasteiger partial charge in [0, 0.05) is 19.0 Å². The van der Waals surface area contributed by atoms with Crippen LogP contribution in [0.25, 0.3) is 10.2 Å². The minimum atomic E-state index is 0.00622. The summed E-state index contributed by atoms with van der Waals surface area (Å²) in [6.07, 6.45) is 2.05. The third-order valence-corrected chi connectivity index (χ3v) is 6.05. The normalized spacial score (nSPS) is 17.1. The van der Waals surface area contributed by atoms with Gasteiger partial charge in [0.2, 0.25) is 0 Å². The molecule has 0 saturated carbocycles. The Morgan fingerprint density at radius 1 is 1.19 bits per heavy atom. The number of piperidine rings is 1. The van der Waals surface area contributed by atoms with E-state index in [1.165, 1.54) is 4.70 Å². The molecule has 0 N–H and O–H groups in total. The van der Waals surface area contributed by atoms with E-state index in [1.807, 2.05) is 47.4 Å². The number of thiazole rings is 1. The van der Waals surface area contributed by atoms with Crippen molar-refractivity contribution in [2.24, 2.45) is 0 Å². The lowest BCUT2D eigenvalue weighted by Crippen LogP contribution is -2.41. The maximum absolute atomic E-state index is 12.7. The number of rotatable bonds is 5. The number of aromatic nitrogens is 1. The Morgan fingerprint density at radius 3 is 2.78 bits per heavy atom. The van der Waals surface area contributed by atoms with Gasteiger partial charge >= 0.3 is 0 Å². The summed E-state index contributed by atoms with van der Waals surface area (Å²) in [5, 5.41) is 1.12. The van der Waals surface area contributed by atoms with Crippen LogP contribution in [0.4, 0.5) is 0 Å². The number of carbonyl (C=O) groups is 1. The van der Waals surface area contributed by atoms with Crippen LogP contribution in [0, 0.1) is 0 Å². The first-order valence-electron chi connectivity index (χ1n) is 9.13. The third-order valence-electron chi connectivity index (χ3n) is 4.85. The maximum atomic E-state index is 12.7. The lowest BCUT2D eigenvalue weighted by molar-refractivity contribution is -0.134. The van der Waals surface area contributed by atoms with Crippen molar-refractivity contribution in [3.63, 3.8) is 0 Å². The number of hydrogen-bond acceptors (Lipinski definition) is 5. The highest BCUT2D eigenvalue weighted by Gasteiger charge is 2.27. The molecule has 2 heterocycles. The molecule has 0 radical (unpaired) electrons. The van der Waals surface area contributed by atoms with Crippen LogP contribution in [0.5, 0.6) is 11.5 Å². The van der Waals surface area contributed by atoms with Crippen LogP contribution in [-0.2, 0) is 4.79 Å². The Kier molecular flexibility index (Phi) is 5.25. The van der Waals surface area contributed by atoms with Crippen LogP contribution in [0.1, 0.15) is 23.8 Å². The number of methoxy groups -OCH3 is 1. The van der Waals surface area contributed by atoms with Gasteiger partial charge in [-0.25, -0.2) is 4.98 Å². The largest absolute Gasteiger partial charge is 0.493 e. The summed E-state index contributed by atoms with van der Waals surface area (Å²) in [6, 6.07) is 15.6. The summed E-state index contributed by atoms with van der Waals surface area (Å²) < 4.78 is 12.2. The van der Waals surface area contributed by atoms with Crippen molar-refractivity contribution in [1.82, 2.24) is 9.88 Å². The highest BCUT2D eigenvalue weighted by atomic mass is 32.1. The summed E-state index contributed by atoms with van der Waals surface area (Å²) in [5.74, 6) is 1.53. The Bertz CT molecular complexity index is 907. The summed E-state index contributed by atoms with van der Waals surface area (Å²) in [7, 11) is 1.59. The molecule has 3 aromatic rings. The van der Waals surface area contributed by atoms with Gasteiger partial charge in [-0.15, -0.1) is 11.3 Å². The fraction of sp³-hybridized carbons (Fsp3) is 0.333. The zero-order valence-corrected chi connectivity index (χ0v) is 16.1. The summed E-state index contributed by atoms with van der Waals surface area (Å²) >= 11 is 1.74. The Hall–Kier alpha value is -2.60. The van der Waals surface area contributed by atoms with Gasteiger partial charge in [-0.2, -0.15) is 0 Å². The number of fused-ring (bicyclic) bond motifs is 1. The number of amides is 1. The van der Waals surface area contributed by atoms with Gasteiger partial charge in [-0.05, 0) is 37.1 Å². The zero-order chi connectivity index (χ0) is 18.6. The number of carbonyl (C=O) groups excluding carboxylic acids is 1. The van der Waals surface area contributed by atoms with Gasteiger partial charge in [-0.3, -0.25) is 4.79 Å². The van der Waals surface area contributed by atoms with Crippen LogP contribution in [0.2, 0.25) is 0 Å². The molecule has 0 spiro atoms. The van der Waals surface area contributed by atoms with Crippen molar-refractivity contribution < 1.29 is 14.3 Å². The highest BCUT2D eigenvalue weighted by molar-refractivity contribution is 7.18. The molecular formula is C21H22N2O3S. The minimum Gasteiger partial charge on any atom is -0.493 e. The Balaban J connectivity index is 1.40. The molecule has 1 fully saturated rings. The van der Waals surface area contributed by atoms with E-state index in [4.69, 9.17) is 14.5 Å². The smallest absolute Gasteiger partial charge is 0.260 e. The SMILES string of the molecule is COc1ccccc1OCC(=O)N1CCC[C@H](c2nc3ccccc3s2)C1. The van der Waals surface area contributed by atoms with Crippen LogP contribution in [0.3, 0.4) is 0 Å². The van der Waals surface area contributed by atoms with Gasteiger partial charge in [0.05, 0.1) is 22.3 Å². The second-order valence-corrected chi connectivity index (χ2v) is 7.70. The summed E-state index contributed by atoms with van der Waals surface area (Å²) in [4.78, 5) is 19.3. The van der Waals surface area contributed by atoms with Crippen molar-refractivity contribution in [2.75, 3.05) is 26.8 Å². The van der Waals surface area contributed by atoms with Gasteiger partial charge in [0.15, 0.2) is 18.1 Å². The number of ether oxygens (including phenoxy) is 2. The number of benzene rings is 2. The van der Waals surface area contributed by atoms with Crippen molar-refractivity contribution in [3.05, 3.63) is 53.5 Å². The van der Waals surface area contributed by atoms with Gasteiger partial charge in [-0.1, -0.05) is 24.3 Å². The number of para-hydroxylation sites is 3. The molecule has 0 unspecified atom stereocenters. The van der Waals surface area contributed by atoms with Crippen LogP contribution in [-0.4, -0.2) is 42.6 Å². The fourth-order valence-corrected chi connectivity index (χ4v) is 4.53. The fourth-order valence-electron chi connectivity index (χ4n) is 3.44. The summed E-state index contributed by atoms with van der Waals surface area (Å²) in [5.41, 5.74) is 1.04. The highest BCUT2D eigenvalue weighted by Crippen LogP contribution is 2.33. The van der Waals surface area contributed by atoms with E-state index in [1.54, 1.807) is 18.4 Å². The second-order valence-electron chi connectivity index (χ2n) is 6.64. The van der Waals surface area contributed by atoms with Crippen molar-refractivity contribution >= 4 is 27.5 Å². The maximum Gasteiger partial charge on any atom is 0.260 e. The molecule has 1 aliphatic rings. The van der Waals surface area contributed by atoms with E-state index >= 15 is 0 Å². The molecule has 4 rings (SSSR count). The number of nitrogens with zero attached hydrogens (tertiary/aromatic N) is 2. The molecule has 1 amide bonds. The predicted octanol–water partition coefficient (Wildman–Crippen LogP) is 4.09. The third kappa shape index (κ3) is 3.90. The average Bonchev–Trinajstić information content (AvgIpc) is 3.16. The van der Waals surface area contributed by atoms with Crippen molar-refractivity contribution in [2.45, 2.75) is 18.8 Å². The molecular weight excluding hydrogens is 360 g/mol.